The van der Waals surface area contributed by atoms with Crippen LogP contribution in [0.25, 0.3) is 0 Å². The van der Waals surface area contributed by atoms with Crippen molar-refractivity contribution in [2.24, 2.45) is 17.6 Å². The van der Waals surface area contributed by atoms with Crippen LogP contribution in [0.5, 0.6) is 0 Å². The molecule has 1 aromatic carbocycles. The number of carbonyl (C=O) groups is 1. The molecule has 0 bridgehead atoms. The molecule has 0 aromatic heterocycles. The number of fused-ring (bicyclic) bond motifs is 1. The average Bonchev–Trinajstić information content (AvgIpc) is 2.51. The minimum Gasteiger partial charge on any atom is -0.324 e. The molecule has 1 aromatic rings. The highest BCUT2D eigenvalue weighted by Gasteiger charge is 2.26. The summed E-state index contributed by atoms with van der Waals surface area (Å²) < 4.78 is 0. The quantitative estimate of drug-likeness (QED) is 0.905. The van der Waals surface area contributed by atoms with Gasteiger partial charge in [0.05, 0.1) is 0 Å². The van der Waals surface area contributed by atoms with Crippen molar-refractivity contribution in [1.29, 1.82) is 0 Å². The smallest absolute Gasteiger partial charge is 0.227 e. The van der Waals surface area contributed by atoms with Crippen LogP contribution in [-0.4, -0.2) is 13.0 Å². The van der Waals surface area contributed by atoms with Gasteiger partial charge in [-0.3, -0.25) is 4.79 Å². The van der Waals surface area contributed by atoms with Crippen LogP contribution in [0.3, 0.4) is 0 Å². The van der Waals surface area contributed by atoms with Crippen LogP contribution in [0.1, 0.15) is 56.2 Å². The molecule has 1 heterocycles. The van der Waals surface area contributed by atoms with Gasteiger partial charge in [-0.25, -0.2) is 0 Å². The second-order valence-electron chi connectivity index (χ2n) is 6.89. The van der Waals surface area contributed by atoms with Crippen LogP contribution >= 0.6 is 0 Å². The number of benzene rings is 1. The second kappa shape index (κ2) is 5.80. The maximum atomic E-state index is 11.8. The average molecular weight is 286 g/mol. The van der Waals surface area contributed by atoms with Gasteiger partial charge in [-0.05, 0) is 48.3 Å². The maximum Gasteiger partial charge on any atom is 0.227 e. The molecule has 0 saturated heterocycles. The lowest BCUT2D eigenvalue weighted by atomic mass is 9.77. The van der Waals surface area contributed by atoms with Gasteiger partial charge in [0.1, 0.15) is 0 Å². The zero-order valence-corrected chi connectivity index (χ0v) is 13.1. The first-order valence-electron chi connectivity index (χ1n) is 8.21. The molecular formula is C18H26N2O. The van der Waals surface area contributed by atoms with E-state index in [0.29, 0.717) is 12.3 Å². The summed E-state index contributed by atoms with van der Waals surface area (Å²) in [6.45, 7) is 2.34. The summed E-state index contributed by atoms with van der Waals surface area (Å²) in [4.78, 5) is 13.5. The molecule has 1 unspecified atom stereocenters. The van der Waals surface area contributed by atoms with Gasteiger partial charge in [0, 0.05) is 25.2 Å². The van der Waals surface area contributed by atoms with Crippen LogP contribution in [-0.2, 0) is 11.2 Å². The van der Waals surface area contributed by atoms with Gasteiger partial charge in [-0.1, -0.05) is 31.9 Å². The number of rotatable bonds is 2. The summed E-state index contributed by atoms with van der Waals surface area (Å²) >= 11 is 0. The molecule has 3 rings (SSSR count). The van der Waals surface area contributed by atoms with Crippen LogP contribution in [0.15, 0.2) is 18.2 Å². The van der Waals surface area contributed by atoms with Gasteiger partial charge in [0.25, 0.3) is 0 Å². The second-order valence-corrected chi connectivity index (χ2v) is 6.89. The third kappa shape index (κ3) is 2.84. The molecule has 3 nitrogen and oxygen atoms in total. The Morgan fingerprint density at radius 2 is 1.90 bits per heavy atom. The first-order valence-corrected chi connectivity index (χ1v) is 8.21. The Balaban J connectivity index is 1.79. The topological polar surface area (TPSA) is 46.3 Å². The van der Waals surface area contributed by atoms with E-state index in [1.807, 2.05) is 7.05 Å². The number of nitrogens with two attached hydrogens (primary N) is 1. The van der Waals surface area contributed by atoms with Crippen molar-refractivity contribution in [2.75, 3.05) is 11.9 Å². The number of aryl methyl sites for hydroxylation is 1. The van der Waals surface area contributed by atoms with Gasteiger partial charge in [-0.2, -0.15) is 0 Å². The molecule has 1 amide bonds. The molecule has 114 valence electrons. The Bertz CT molecular complexity index is 532. The van der Waals surface area contributed by atoms with Gasteiger partial charge in [-0.15, -0.1) is 0 Å². The molecule has 2 N–H and O–H groups in total. The van der Waals surface area contributed by atoms with Crippen molar-refractivity contribution in [3.8, 4) is 0 Å². The lowest BCUT2D eigenvalue weighted by Gasteiger charge is -2.32. The summed E-state index contributed by atoms with van der Waals surface area (Å²) in [5.74, 6) is 1.68. The summed E-state index contributed by atoms with van der Waals surface area (Å²) in [6.07, 6.45) is 6.57. The van der Waals surface area contributed by atoms with E-state index in [4.69, 9.17) is 5.73 Å². The SMILES string of the molecule is CC1CCC(C(N)c2ccc3c(c2)CCC(=O)N3C)CC1. The van der Waals surface area contributed by atoms with Crippen molar-refractivity contribution in [3.63, 3.8) is 0 Å². The third-order valence-electron chi connectivity index (χ3n) is 5.40. The van der Waals surface area contributed by atoms with Crippen molar-refractivity contribution in [1.82, 2.24) is 0 Å². The van der Waals surface area contributed by atoms with Crippen LogP contribution in [0.2, 0.25) is 0 Å². The van der Waals surface area contributed by atoms with E-state index in [1.54, 1.807) is 4.90 Å². The Kier molecular flexibility index (Phi) is 4.03. The Labute approximate surface area is 127 Å². The van der Waals surface area contributed by atoms with Crippen LogP contribution in [0, 0.1) is 11.8 Å². The third-order valence-corrected chi connectivity index (χ3v) is 5.40. The van der Waals surface area contributed by atoms with Crippen molar-refractivity contribution >= 4 is 11.6 Å². The largest absolute Gasteiger partial charge is 0.324 e. The minimum absolute atomic E-state index is 0.144. The van der Waals surface area contributed by atoms with E-state index in [1.165, 1.54) is 36.8 Å². The zero-order chi connectivity index (χ0) is 15.0. The van der Waals surface area contributed by atoms with E-state index in [9.17, 15) is 4.79 Å². The monoisotopic (exact) mass is 286 g/mol. The van der Waals surface area contributed by atoms with E-state index in [-0.39, 0.29) is 11.9 Å². The van der Waals surface area contributed by atoms with Crippen molar-refractivity contribution in [2.45, 2.75) is 51.5 Å². The molecule has 2 aliphatic rings. The predicted molar refractivity (Wildman–Crippen MR) is 86.2 cm³/mol. The number of anilines is 1. The fourth-order valence-corrected chi connectivity index (χ4v) is 3.80. The standard InChI is InChI=1S/C18H26N2O/c1-12-3-5-13(6-4-12)18(19)15-7-9-16-14(11-15)8-10-17(21)20(16)2/h7,9,11-13,18H,3-6,8,10,19H2,1-2H3. The summed E-state index contributed by atoms with van der Waals surface area (Å²) in [7, 11) is 1.86. The molecule has 0 radical (unpaired) electrons. The molecule has 0 spiro atoms. The van der Waals surface area contributed by atoms with E-state index >= 15 is 0 Å². The van der Waals surface area contributed by atoms with E-state index < -0.39 is 0 Å². The first kappa shape index (κ1) is 14.6. The highest BCUT2D eigenvalue weighted by Crippen LogP contribution is 2.37. The molecule has 1 aliphatic heterocycles. The predicted octanol–water partition coefficient (Wildman–Crippen LogP) is 3.42. The normalized spacial score (nSPS) is 27.4. The molecule has 1 atom stereocenters. The number of hydrogen-bond acceptors (Lipinski definition) is 2. The first-order chi connectivity index (χ1) is 10.1. The zero-order valence-electron chi connectivity index (χ0n) is 13.1. The van der Waals surface area contributed by atoms with E-state index in [0.717, 1.165) is 18.0 Å². The van der Waals surface area contributed by atoms with Crippen molar-refractivity contribution < 1.29 is 4.79 Å². The molecular weight excluding hydrogens is 260 g/mol. The summed E-state index contributed by atoms with van der Waals surface area (Å²) in [5.41, 5.74) is 10.1. The molecule has 21 heavy (non-hydrogen) atoms. The highest BCUT2D eigenvalue weighted by molar-refractivity contribution is 5.95. The number of amides is 1. The van der Waals surface area contributed by atoms with Crippen molar-refractivity contribution in [3.05, 3.63) is 29.3 Å². The fraction of sp³-hybridized carbons (Fsp3) is 0.611. The number of nitrogens with zero attached hydrogens (tertiary/aromatic N) is 1. The molecule has 3 heteroatoms. The van der Waals surface area contributed by atoms with Crippen LogP contribution < -0.4 is 10.6 Å². The Hall–Kier alpha value is -1.35. The summed E-state index contributed by atoms with van der Waals surface area (Å²) in [6, 6.07) is 6.58. The van der Waals surface area contributed by atoms with E-state index in [2.05, 4.69) is 25.1 Å². The lowest BCUT2D eigenvalue weighted by Crippen LogP contribution is -2.31. The lowest BCUT2D eigenvalue weighted by molar-refractivity contribution is -0.118. The summed E-state index contributed by atoms with van der Waals surface area (Å²) in [5, 5.41) is 0. The van der Waals surface area contributed by atoms with Gasteiger partial charge in [0.15, 0.2) is 0 Å². The van der Waals surface area contributed by atoms with Gasteiger partial charge >= 0.3 is 0 Å². The highest BCUT2D eigenvalue weighted by atomic mass is 16.2. The maximum absolute atomic E-state index is 11.8. The molecule has 1 fully saturated rings. The number of carbonyl (C=O) groups excluding carboxylic acids is 1. The Morgan fingerprint density at radius 1 is 1.19 bits per heavy atom. The molecule has 1 saturated carbocycles. The fourth-order valence-electron chi connectivity index (χ4n) is 3.80. The molecule has 1 aliphatic carbocycles. The van der Waals surface area contributed by atoms with Gasteiger partial charge in [0.2, 0.25) is 5.91 Å². The van der Waals surface area contributed by atoms with Crippen LogP contribution in [0.4, 0.5) is 5.69 Å². The number of hydrogen-bond donors (Lipinski definition) is 1. The Morgan fingerprint density at radius 3 is 2.62 bits per heavy atom. The minimum atomic E-state index is 0.144. The van der Waals surface area contributed by atoms with Gasteiger partial charge < -0.3 is 10.6 Å².